The summed E-state index contributed by atoms with van der Waals surface area (Å²) in [4.78, 5) is 27.9. The van der Waals surface area contributed by atoms with Crippen LogP contribution in [0.2, 0.25) is 0 Å². The molecule has 0 atom stereocenters. The minimum absolute atomic E-state index is 0.0287. The van der Waals surface area contributed by atoms with E-state index in [2.05, 4.69) is 4.74 Å². The quantitative estimate of drug-likeness (QED) is 0.557. The van der Waals surface area contributed by atoms with Crippen molar-refractivity contribution in [3.63, 3.8) is 0 Å². The highest BCUT2D eigenvalue weighted by Crippen LogP contribution is 2.16. The molecule has 0 saturated carbocycles. The van der Waals surface area contributed by atoms with Crippen molar-refractivity contribution >= 4 is 28.9 Å². The Morgan fingerprint density at radius 1 is 1.09 bits per heavy atom. The van der Waals surface area contributed by atoms with Crippen LogP contribution in [-0.4, -0.2) is 35.1 Å². The molecule has 4 rings (SSSR count). The summed E-state index contributed by atoms with van der Waals surface area (Å²) in [6.45, 7) is -1.89. The van der Waals surface area contributed by atoms with Gasteiger partial charge >= 0.3 is 6.61 Å². The van der Waals surface area contributed by atoms with Gasteiger partial charge in [0.05, 0.1) is 10.2 Å². The number of aromatic nitrogens is 1. The number of ether oxygens (including phenoxy) is 1. The summed E-state index contributed by atoms with van der Waals surface area (Å²) >= 11 is 0.958. The normalized spacial score (nSPS) is 14.9. The molecule has 1 amide bonds. The first-order valence-corrected chi connectivity index (χ1v) is 11.2. The van der Waals surface area contributed by atoms with Crippen LogP contribution in [-0.2, 0) is 4.79 Å². The SMILES string of the molecule is N#CC(C(=O)N1CCCC1)=c1sc(=Cc2ccc(OC(F)F)cc2)c(=O)n1-c1ccc(F)cc1. The van der Waals surface area contributed by atoms with Crippen molar-refractivity contribution in [1.82, 2.24) is 9.47 Å². The van der Waals surface area contributed by atoms with Crippen LogP contribution < -0.4 is 19.5 Å². The number of amides is 1. The minimum Gasteiger partial charge on any atom is -0.435 e. The number of rotatable bonds is 5. The Balaban J connectivity index is 1.91. The van der Waals surface area contributed by atoms with E-state index < -0.39 is 23.9 Å². The van der Waals surface area contributed by atoms with Gasteiger partial charge in [0.2, 0.25) is 0 Å². The molecule has 10 heteroatoms. The van der Waals surface area contributed by atoms with Crippen molar-refractivity contribution < 1.29 is 22.7 Å². The third-order valence-corrected chi connectivity index (χ3v) is 6.34. The average Bonchev–Trinajstić information content (AvgIpc) is 3.45. The molecule has 3 aromatic rings. The molecule has 2 aromatic carbocycles. The molecule has 1 aliphatic heterocycles. The molecule has 0 unspecified atom stereocenters. The highest BCUT2D eigenvalue weighted by molar-refractivity contribution is 7.07. The Kier molecular flexibility index (Phi) is 6.84. The molecule has 0 aliphatic carbocycles. The van der Waals surface area contributed by atoms with Crippen molar-refractivity contribution in [2.24, 2.45) is 0 Å². The van der Waals surface area contributed by atoms with Crippen LogP contribution in [0.5, 0.6) is 5.75 Å². The molecule has 2 heterocycles. The zero-order chi connectivity index (χ0) is 24.2. The smallest absolute Gasteiger partial charge is 0.387 e. The van der Waals surface area contributed by atoms with Crippen LogP contribution in [0.4, 0.5) is 13.2 Å². The lowest BCUT2D eigenvalue weighted by Gasteiger charge is -2.14. The number of alkyl halides is 2. The third-order valence-electron chi connectivity index (χ3n) is 5.24. The predicted molar refractivity (Wildman–Crippen MR) is 121 cm³/mol. The first-order chi connectivity index (χ1) is 16.4. The van der Waals surface area contributed by atoms with Crippen LogP contribution in [0.3, 0.4) is 0 Å². The molecular weight excluding hydrogens is 467 g/mol. The molecular formula is C24H18F3N3O3S. The maximum atomic E-state index is 13.5. The zero-order valence-corrected chi connectivity index (χ0v) is 18.5. The topological polar surface area (TPSA) is 75.3 Å². The van der Waals surface area contributed by atoms with Gasteiger partial charge in [-0.3, -0.25) is 14.2 Å². The van der Waals surface area contributed by atoms with Crippen LogP contribution >= 0.6 is 11.3 Å². The number of halogens is 3. The second kappa shape index (κ2) is 9.97. The fourth-order valence-corrected chi connectivity index (χ4v) is 4.73. The molecule has 1 saturated heterocycles. The van der Waals surface area contributed by atoms with Gasteiger partial charge in [0.25, 0.3) is 11.5 Å². The van der Waals surface area contributed by atoms with E-state index in [0.29, 0.717) is 24.3 Å². The highest BCUT2D eigenvalue weighted by atomic mass is 32.1. The fourth-order valence-electron chi connectivity index (χ4n) is 3.64. The fraction of sp³-hybridized carbons (Fsp3) is 0.208. The lowest BCUT2D eigenvalue weighted by molar-refractivity contribution is -0.123. The summed E-state index contributed by atoms with van der Waals surface area (Å²) < 4.78 is 44.2. The second-order valence-corrected chi connectivity index (χ2v) is 8.50. The minimum atomic E-state index is -2.95. The van der Waals surface area contributed by atoms with Gasteiger partial charge in [0.1, 0.15) is 22.3 Å². The molecule has 174 valence electrons. The number of thiazole rings is 1. The lowest BCUT2D eigenvalue weighted by atomic mass is 10.2. The van der Waals surface area contributed by atoms with E-state index >= 15 is 0 Å². The highest BCUT2D eigenvalue weighted by Gasteiger charge is 2.24. The Bertz CT molecular complexity index is 1420. The first-order valence-electron chi connectivity index (χ1n) is 10.4. The van der Waals surface area contributed by atoms with Crippen LogP contribution in [0.15, 0.2) is 53.3 Å². The number of carbonyl (C=O) groups is 1. The van der Waals surface area contributed by atoms with E-state index in [4.69, 9.17) is 0 Å². The monoisotopic (exact) mass is 485 g/mol. The maximum absolute atomic E-state index is 13.5. The molecule has 0 N–H and O–H groups in total. The van der Waals surface area contributed by atoms with Gasteiger partial charge in [-0.1, -0.05) is 12.1 Å². The van der Waals surface area contributed by atoms with Gasteiger partial charge in [-0.25, -0.2) is 4.39 Å². The number of hydrogen-bond donors (Lipinski definition) is 0. The van der Waals surface area contributed by atoms with Gasteiger partial charge < -0.3 is 9.64 Å². The predicted octanol–water partition coefficient (Wildman–Crippen LogP) is 2.76. The summed E-state index contributed by atoms with van der Waals surface area (Å²) in [5.41, 5.74) is 0.164. The van der Waals surface area contributed by atoms with E-state index in [1.54, 1.807) is 4.90 Å². The zero-order valence-electron chi connectivity index (χ0n) is 17.7. The van der Waals surface area contributed by atoms with E-state index in [-0.39, 0.29) is 20.5 Å². The maximum Gasteiger partial charge on any atom is 0.387 e. The summed E-state index contributed by atoms with van der Waals surface area (Å²) in [5, 5.41) is 9.83. The summed E-state index contributed by atoms with van der Waals surface area (Å²) in [6, 6.07) is 12.8. The molecule has 0 radical (unpaired) electrons. The number of carbonyl (C=O) groups excluding carboxylic acids is 1. The van der Waals surface area contributed by atoms with Crippen molar-refractivity contribution in [1.29, 1.82) is 5.26 Å². The van der Waals surface area contributed by atoms with Gasteiger partial charge in [0, 0.05) is 13.1 Å². The Morgan fingerprint density at radius 3 is 2.32 bits per heavy atom. The standard InChI is InChI=1S/C24H18F3N3O3S/c25-16-5-7-17(8-6-16)30-22(32)20(13-15-3-9-18(10-4-15)33-24(26)27)34-23(30)19(14-28)21(31)29-11-1-2-12-29/h3-10,13,24H,1-2,11-12H2. The number of likely N-dealkylation sites (tertiary alicyclic amines) is 1. The third kappa shape index (κ3) is 4.89. The van der Waals surface area contributed by atoms with E-state index in [9.17, 15) is 28.0 Å². The molecule has 6 nitrogen and oxygen atoms in total. The van der Waals surface area contributed by atoms with E-state index in [0.717, 1.165) is 24.2 Å². The summed E-state index contributed by atoms with van der Waals surface area (Å²) in [6.07, 6.45) is 3.20. The van der Waals surface area contributed by atoms with Crippen molar-refractivity contribution in [2.75, 3.05) is 13.1 Å². The Hall–Kier alpha value is -3.84. The van der Waals surface area contributed by atoms with Crippen molar-refractivity contribution in [3.8, 4) is 17.5 Å². The second-order valence-electron chi connectivity index (χ2n) is 7.47. The van der Waals surface area contributed by atoms with Crippen LogP contribution in [0.1, 0.15) is 18.4 Å². The van der Waals surface area contributed by atoms with Crippen LogP contribution in [0, 0.1) is 17.1 Å². The molecule has 1 fully saturated rings. The number of benzene rings is 2. The largest absolute Gasteiger partial charge is 0.435 e. The van der Waals surface area contributed by atoms with Gasteiger partial charge in [-0.15, -0.1) is 11.3 Å². The Labute approximate surface area is 196 Å². The van der Waals surface area contributed by atoms with E-state index in [1.807, 2.05) is 6.07 Å². The van der Waals surface area contributed by atoms with Gasteiger partial charge in [0.15, 0.2) is 5.57 Å². The summed E-state index contributed by atoms with van der Waals surface area (Å²) in [5.74, 6) is -0.986. The molecule has 1 aliphatic rings. The lowest BCUT2D eigenvalue weighted by Crippen LogP contribution is -2.35. The molecule has 1 aromatic heterocycles. The summed E-state index contributed by atoms with van der Waals surface area (Å²) in [7, 11) is 0. The van der Waals surface area contributed by atoms with Crippen molar-refractivity contribution in [2.45, 2.75) is 19.5 Å². The molecule has 0 spiro atoms. The van der Waals surface area contributed by atoms with Gasteiger partial charge in [-0.05, 0) is 60.9 Å². The average molecular weight is 485 g/mol. The van der Waals surface area contributed by atoms with Crippen LogP contribution in [0.25, 0.3) is 17.3 Å². The van der Waals surface area contributed by atoms with Crippen molar-refractivity contribution in [3.05, 3.63) is 79.5 Å². The first kappa shape index (κ1) is 23.3. The molecule has 0 bridgehead atoms. The Morgan fingerprint density at radius 2 is 1.74 bits per heavy atom. The van der Waals surface area contributed by atoms with E-state index in [1.165, 1.54) is 59.2 Å². The number of nitrogens with zero attached hydrogens (tertiary/aromatic N) is 3. The molecule has 34 heavy (non-hydrogen) atoms. The number of hydrogen-bond acceptors (Lipinski definition) is 5. The number of nitriles is 1. The van der Waals surface area contributed by atoms with Gasteiger partial charge in [-0.2, -0.15) is 14.0 Å².